The van der Waals surface area contributed by atoms with Crippen molar-refractivity contribution in [2.24, 2.45) is 0 Å². The van der Waals surface area contributed by atoms with E-state index in [0.717, 1.165) is 0 Å². The fourth-order valence-corrected chi connectivity index (χ4v) is 0.957. The highest BCUT2D eigenvalue weighted by molar-refractivity contribution is 8.02. The molecule has 0 aliphatic carbocycles. The number of hydrogen-bond donors (Lipinski definition) is 0. The molecule has 0 aromatic carbocycles. The van der Waals surface area contributed by atoms with E-state index in [1.165, 1.54) is 31.9 Å². The molecule has 0 unspecified atom stereocenters. The molecule has 0 fully saturated rings. The molecule has 0 N–H and O–H groups in total. The van der Waals surface area contributed by atoms with E-state index >= 15 is 0 Å². The Morgan fingerprint density at radius 2 is 2.18 bits per heavy atom. The van der Waals surface area contributed by atoms with Gasteiger partial charge in [0.15, 0.2) is 5.78 Å². The van der Waals surface area contributed by atoms with E-state index in [-0.39, 0.29) is 17.5 Å². The molecule has 0 amide bonds. The maximum Gasteiger partial charge on any atom is 0.315 e. The smallest absolute Gasteiger partial charge is 0.315 e. The van der Waals surface area contributed by atoms with Crippen LogP contribution in [0, 0.1) is 0 Å². The Labute approximate surface area is 69.8 Å². The number of esters is 1. The number of thioether (sulfide) groups is 1. The molecule has 0 spiro atoms. The molecular weight excluding hydrogens is 164 g/mol. The predicted octanol–water partition coefficient (Wildman–Crippen LogP) is 0.995. The van der Waals surface area contributed by atoms with Crippen molar-refractivity contribution in [2.75, 3.05) is 12.9 Å². The Balaban J connectivity index is 3.41. The van der Waals surface area contributed by atoms with Gasteiger partial charge in [-0.05, 0) is 18.4 Å². The van der Waals surface area contributed by atoms with Crippen LogP contribution >= 0.6 is 11.8 Å². The second-order valence-electron chi connectivity index (χ2n) is 1.80. The first-order valence-corrected chi connectivity index (χ1v) is 4.07. The van der Waals surface area contributed by atoms with Crippen LogP contribution in [0.2, 0.25) is 0 Å². The SMILES string of the molecule is COC(=O)CSC=CC(C)=O. The van der Waals surface area contributed by atoms with Crippen LogP contribution < -0.4 is 0 Å². The van der Waals surface area contributed by atoms with Crippen molar-refractivity contribution >= 4 is 23.5 Å². The summed E-state index contributed by atoms with van der Waals surface area (Å²) >= 11 is 1.24. The molecule has 0 saturated heterocycles. The summed E-state index contributed by atoms with van der Waals surface area (Å²) in [6.07, 6.45) is 1.41. The molecule has 0 aliphatic rings. The van der Waals surface area contributed by atoms with E-state index in [1.807, 2.05) is 0 Å². The van der Waals surface area contributed by atoms with Gasteiger partial charge in [0.05, 0.1) is 12.9 Å². The lowest BCUT2D eigenvalue weighted by Gasteiger charge is -1.92. The number of ether oxygens (including phenoxy) is 1. The Hall–Kier alpha value is -0.770. The molecule has 3 nitrogen and oxygen atoms in total. The van der Waals surface area contributed by atoms with Crippen molar-refractivity contribution < 1.29 is 14.3 Å². The van der Waals surface area contributed by atoms with Crippen LogP contribution in [0.1, 0.15) is 6.92 Å². The van der Waals surface area contributed by atoms with Gasteiger partial charge < -0.3 is 4.74 Å². The summed E-state index contributed by atoms with van der Waals surface area (Å²) in [6, 6.07) is 0. The Morgan fingerprint density at radius 1 is 1.55 bits per heavy atom. The van der Waals surface area contributed by atoms with E-state index < -0.39 is 0 Å². The van der Waals surface area contributed by atoms with Crippen molar-refractivity contribution in [2.45, 2.75) is 6.92 Å². The minimum atomic E-state index is -0.289. The maximum absolute atomic E-state index is 10.5. The molecule has 4 heteroatoms. The van der Waals surface area contributed by atoms with E-state index in [9.17, 15) is 9.59 Å². The number of carbonyl (C=O) groups is 2. The number of carbonyl (C=O) groups excluding carboxylic acids is 2. The van der Waals surface area contributed by atoms with Gasteiger partial charge in [0.25, 0.3) is 0 Å². The van der Waals surface area contributed by atoms with Gasteiger partial charge in [0, 0.05) is 0 Å². The second-order valence-corrected chi connectivity index (χ2v) is 2.69. The second kappa shape index (κ2) is 5.97. The number of hydrogen-bond acceptors (Lipinski definition) is 4. The number of methoxy groups -OCH3 is 1. The van der Waals surface area contributed by atoms with E-state index in [2.05, 4.69) is 4.74 Å². The van der Waals surface area contributed by atoms with Crippen molar-refractivity contribution in [3.63, 3.8) is 0 Å². The van der Waals surface area contributed by atoms with Gasteiger partial charge in [-0.25, -0.2) is 0 Å². The molecule has 11 heavy (non-hydrogen) atoms. The summed E-state index contributed by atoms with van der Waals surface area (Å²) in [7, 11) is 1.33. The largest absolute Gasteiger partial charge is 0.468 e. The molecule has 62 valence electrons. The summed E-state index contributed by atoms with van der Waals surface area (Å²) < 4.78 is 4.38. The first kappa shape index (κ1) is 10.2. The topological polar surface area (TPSA) is 43.4 Å². The normalized spacial score (nSPS) is 10.0. The number of ketones is 1. The van der Waals surface area contributed by atoms with Crippen molar-refractivity contribution in [3.8, 4) is 0 Å². The summed E-state index contributed by atoms with van der Waals surface area (Å²) in [5.41, 5.74) is 0. The Kier molecular flexibility index (Phi) is 5.56. The molecule has 0 bridgehead atoms. The summed E-state index contributed by atoms with van der Waals surface area (Å²) in [6.45, 7) is 1.45. The lowest BCUT2D eigenvalue weighted by molar-refractivity contribution is -0.137. The first-order valence-electron chi connectivity index (χ1n) is 3.02. The molecule has 0 aliphatic heterocycles. The van der Waals surface area contributed by atoms with Gasteiger partial charge in [-0.15, -0.1) is 11.8 Å². The quantitative estimate of drug-likeness (QED) is 0.471. The van der Waals surface area contributed by atoms with Gasteiger partial charge in [0.2, 0.25) is 0 Å². The molecule has 0 aromatic rings. The minimum absolute atomic E-state index is 0.0256. The molecule has 0 heterocycles. The number of rotatable bonds is 4. The molecule has 0 rings (SSSR count). The molecule has 0 radical (unpaired) electrons. The Bertz CT molecular complexity index is 175. The average Bonchev–Trinajstić information content (AvgIpc) is 1.97. The van der Waals surface area contributed by atoms with Crippen LogP contribution in [0.5, 0.6) is 0 Å². The lowest BCUT2D eigenvalue weighted by atomic mass is 10.5. The third kappa shape index (κ3) is 7.12. The maximum atomic E-state index is 10.5. The minimum Gasteiger partial charge on any atom is -0.468 e. The fourth-order valence-electron chi connectivity index (χ4n) is 0.319. The zero-order valence-corrected chi connectivity index (χ0v) is 7.31. The van der Waals surface area contributed by atoms with Gasteiger partial charge in [-0.2, -0.15) is 0 Å². The van der Waals surface area contributed by atoms with E-state index in [4.69, 9.17) is 0 Å². The zero-order valence-electron chi connectivity index (χ0n) is 6.49. The Morgan fingerprint density at radius 3 is 2.64 bits per heavy atom. The van der Waals surface area contributed by atoms with Crippen molar-refractivity contribution in [1.82, 2.24) is 0 Å². The third-order valence-electron chi connectivity index (χ3n) is 0.828. The molecule has 0 aromatic heterocycles. The third-order valence-corrected chi connectivity index (χ3v) is 1.56. The zero-order chi connectivity index (χ0) is 8.69. The van der Waals surface area contributed by atoms with Crippen LogP contribution in [0.3, 0.4) is 0 Å². The first-order chi connectivity index (χ1) is 5.16. The predicted molar refractivity (Wildman–Crippen MR) is 44.3 cm³/mol. The van der Waals surface area contributed by atoms with Crippen LogP contribution in [0.4, 0.5) is 0 Å². The highest BCUT2D eigenvalue weighted by atomic mass is 32.2. The fraction of sp³-hybridized carbons (Fsp3) is 0.429. The highest BCUT2D eigenvalue weighted by Gasteiger charge is 1.96. The van der Waals surface area contributed by atoms with Gasteiger partial charge >= 0.3 is 5.97 Å². The van der Waals surface area contributed by atoms with Crippen LogP contribution in [-0.2, 0) is 14.3 Å². The molecular formula is C7H10O3S. The van der Waals surface area contributed by atoms with Crippen LogP contribution in [0.15, 0.2) is 11.5 Å². The highest BCUT2D eigenvalue weighted by Crippen LogP contribution is 2.01. The van der Waals surface area contributed by atoms with Crippen molar-refractivity contribution in [1.29, 1.82) is 0 Å². The molecule has 0 saturated carbocycles. The van der Waals surface area contributed by atoms with Crippen LogP contribution in [-0.4, -0.2) is 24.6 Å². The lowest BCUT2D eigenvalue weighted by Crippen LogP contribution is -2.01. The standard InChI is InChI=1S/C7H10O3S/c1-6(8)3-4-11-5-7(9)10-2/h3-4H,5H2,1-2H3. The van der Waals surface area contributed by atoms with E-state index in [1.54, 1.807) is 5.41 Å². The summed E-state index contributed by atoms with van der Waals surface area (Å²) in [5, 5.41) is 1.58. The van der Waals surface area contributed by atoms with Gasteiger partial charge in [-0.1, -0.05) is 0 Å². The van der Waals surface area contributed by atoms with Gasteiger partial charge in [0.1, 0.15) is 0 Å². The molecule has 0 atom stereocenters. The van der Waals surface area contributed by atoms with Crippen molar-refractivity contribution in [3.05, 3.63) is 11.5 Å². The summed E-state index contributed by atoms with van der Waals surface area (Å²) in [4.78, 5) is 20.8. The average molecular weight is 174 g/mol. The monoisotopic (exact) mass is 174 g/mol. The van der Waals surface area contributed by atoms with E-state index in [0.29, 0.717) is 0 Å². The van der Waals surface area contributed by atoms with Crippen LogP contribution in [0.25, 0.3) is 0 Å². The summed E-state index contributed by atoms with van der Waals surface area (Å²) in [5.74, 6) is -0.0640. The van der Waals surface area contributed by atoms with Gasteiger partial charge in [-0.3, -0.25) is 9.59 Å². The number of allylic oxidation sites excluding steroid dienone is 1.